The lowest BCUT2D eigenvalue weighted by Crippen LogP contribution is -2.27. The Morgan fingerprint density at radius 3 is 2.62 bits per heavy atom. The Balaban J connectivity index is 3.00. The highest BCUT2D eigenvalue weighted by Crippen LogP contribution is 2.29. The first-order chi connectivity index (χ1) is 7.60. The predicted octanol–water partition coefficient (Wildman–Crippen LogP) is 3.26. The van der Waals surface area contributed by atoms with Crippen LogP contribution in [0.3, 0.4) is 0 Å². The third kappa shape index (κ3) is 3.06. The zero-order valence-electron chi connectivity index (χ0n) is 9.14. The van der Waals surface area contributed by atoms with Crippen LogP contribution in [0.25, 0.3) is 0 Å². The minimum absolute atomic E-state index is 0.405. The first kappa shape index (κ1) is 13.2. The lowest BCUT2D eigenvalue weighted by atomic mass is 10.1. The van der Waals surface area contributed by atoms with E-state index in [1.54, 1.807) is 19.1 Å². The molecular formula is C11H14ClF2NO. The number of ether oxygens (including phenoxy) is 1. The summed E-state index contributed by atoms with van der Waals surface area (Å²) in [7, 11) is 1.45. The van der Waals surface area contributed by atoms with Gasteiger partial charge in [0, 0.05) is 0 Å². The highest BCUT2D eigenvalue weighted by Gasteiger charge is 2.22. The summed E-state index contributed by atoms with van der Waals surface area (Å²) in [5.41, 5.74) is 0.470. The van der Waals surface area contributed by atoms with Crippen LogP contribution in [0.15, 0.2) is 18.2 Å². The van der Waals surface area contributed by atoms with Crippen LogP contribution < -0.4 is 10.1 Å². The summed E-state index contributed by atoms with van der Waals surface area (Å²) in [4.78, 5) is 0. The van der Waals surface area contributed by atoms with Gasteiger partial charge >= 0.3 is 0 Å². The quantitative estimate of drug-likeness (QED) is 0.865. The second-order valence-corrected chi connectivity index (χ2v) is 3.67. The molecule has 0 saturated heterocycles. The second-order valence-electron chi connectivity index (χ2n) is 3.26. The summed E-state index contributed by atoms with van der Waals surface area (Å²) in [5, 5.41) is 3.13. The van der Waals surface area contributed by atoms with Crippen LogP contribution in [-0.2, 0) is 0 Å². The van der Waals surface area contributed by atoms with Gasteiger partial charge in [0.15, 0.2) is 0 Å². The first-order valence-corrected chi connectivity index (χ1v) is 5.33. The van der Waals surface area contributed by atoms with E-state index in [2.05, 4.69) is 5.32 Å². The highest BCUT2D eigenvalue weighted by molar-refractivity contribution is 6.32. The predicted molar refractivity (Wildman–Crippen MR) is 60.4 cm³/mol. The van der Waals surface area contributed by atoms with E-state index in [0.717, 1.165) is 0 Å². The summed E-state index contributed by atoms with van der Waals surface area (Å²) >= 11 is 5.82. The first-order valence-electron chi connectivity index (χ1n) is 4.95. The number of nitrogens with one attached hydrogen (secondary N) is 1. The van der Waals surface area contributed by atoms with Crippen molar-refractivity contribution < 1.29 is 13.5 Å². The van der Waals surface area contributed by atoms with Gasteiger partial charge in [-0.1, -0.05) is 24.6 Å². The van der Waals surface area contributed by atoms with E-state index in [1.165, 1.54) is 13.2 Å². The van der Waals surface area contributed by atoms with Crippen LogP contribution in [0.1, 0.15) is 18.5 Å². The average Bonchev–Trinajstić information content (AvgIpc) is 2.26. The minimum atomic E-state index is -2.47. The van der Waals surface area contributed by atoms with Gasteiger partial charge in [-0.2, -0.15) is 0 Å². The van der Waals surface area contributed by atoms with Crippen molar-refractivity contribution in [2.24, 2.45) is 0 Å². The third-order valence-electron chi connectivity index (χ3n) is 2.21. The second kappa shape index (κ2) is 6.01. The van der Waals surface area contributed by atoms with Gasteiger partial charge in [0.1, 0.15) is 5.75 Å². The van der Waals surface area contributed by atoms with Crippen molar-refractivity contribution in [1.29, 1.82) is 0 Å². The topological polar surface area (TPSA) is 21.3 Å². The van der Waals surface area contributed by atoms with Crippen LogP contribution in [0.2, 0.25) is 5.02 Å². The summed E-state index contributed by atoms with van der Waals surface area (Å²) in [6, 6.07) is 3.67. The van der Waals surface area contributed by atoms with Crippen molar-refractivity contribution in [2.45, 2.75) is 19.4 Å². The lowest BCUT2D eigenvalue weighted by Gasteiger charge is -2.18. The summed E-state index contributed by atoms with van der Waals surface area (Å²) < 4.78 is 30.5. The minimum Gasteiger partial charge on any atom is -0.495 e. The smallest absolute Gasteiger partial charge is 0.257 e. The number of hydrogen-bond acceptors (Lipinski definition) is 2. The SMILES string of the molecule is CCNC(c1ccc(Cl)c(OC)c1)C(F)F. The van der Waals surface area contributed by atoms with Crippen molar-refractivity contribution in [1.82, 2.24) is 5.32 Å². The average molecular weight is 250 g/mol. The van der Waals surface area contributed by atoms with Crippen LogP contribution in [0, 0.1) is 0 Å². The molecule has 0 aliphatic carbocycles. The van der Waals surface area contributed by atoms with Crippen molar-refractivity contribution in [3.05, 3.63) is 28.8 Å². The Bertz CT molecular complexity index is 347. The standard InChI is InChI=1S/C11H14ClF2NO/c1-3-15-10(11(13)14)7-4-5-8(12)9(6-7)16-2/h4-6,10-11,15H,3H2,1-2H3. The monoisotopic (exact) mass is 249 g/mol. The lowest BCUT2D eigenvalue weighted by molar-refractivity contribution is 0.0992. The molecule has 2 nitrogen and oxygen atoms in total. The van der Waals surface area contributed by atoms with Gasteiger partial charge < -0.3 is 10.1 Å². The molecule has 1 aromatic rings. The van der Waals surface area contributed by atoms with Crippen molar-refractivity contribution in [3.63, 3.8) is 0 Å². The largest absolute Gasteiger partial charge is 0.495 e. The molecule has 90 valence electrons. The van der Waals surface area contributed by atoms with Crippen LogP contribution in [0.5, 0.6) is 5.75 Å². The molecule has 0 radical (unpaired) electrons. The summed E-state index contributed by atoms with van der Waals surface area (Å²) in [5.74, 6) is 0.405. The normalized spacial score (nSPS) is 12.9. The molecule has 1 atom stereocenters. The van der Waals surface area contributed by atoms with Gasteiger partial charge in [0.2, 0.25) is 0 Å². The van der Waals surface area contributed by atoms with Gasteiger partial charge in [0.05, 0.1) is 18.2 Å². The van der Waals surface area contributed by atoms with E-state index < -0.39 is 12.5 Å². The molecule has 0 fully saturated rings. The van der Waals surface area contributed by atoms with E-state index in [9.17, 15) is 8.78 Å². The Hall–Kier alpha value is -0.870. The maximum Gasteiger partial charge on any atom is 0.257 e. The Morgan fingerprint density at radius 2 is 2.12 bits per heavy atom. The number of rotatable bonds is 5. The zero-order chi connectivity index (χ0) is 12.1. The zero-order valence-corrected chi connectivity index (χ0v) is 9.89. The number of hydrogen-bond donors (Lipinski definition) is 1. The molecule has 0 aromatic heterocycles. The number of halogens is 3. The Kier molecular flexibility index (Phi) is 4.96. The van der Waals surface area contributed by atoms with Crippen LogP contribution >= 0.6 is 11.6 Å². The maximum atomic E-state index is 12.8. The van der Waals surface area contributed by atoms with Crippen LogP contribution in [-0.4, -0.2) is 20.1 Å². The number of alkyl halides is 2. The molecule has 0 aliphatic heterocycles. The third-order valence-corrected chi connectivity index (χ3v) is 2.52. The molecule has 0 aliphatic rings. The van der Waals surface area contributed by atoms with Gasteiger partial charge in [0.25, 0.3) is 6.43 Å². The fourth-order valence-electron chi connectivity index (χ4n) is 1.44. The van der Waals surface area contributed by atoms with E-state index in [1.807, 2.05) is 0 Å². The molecule has 1 aromatic carbocycles. The molecule has 0 saturated carbocycles. The molecule has 1 unspecified atom stereocenters. The molecule has 0 amide bonds. The van der Waals surface area contributed by atoms with Gasteiger partial charge in [-0.05, 0) is 24.2 Å². The van der Waals surface area contributed by atoms with E-state index in [-0.39, 0.29) is 0 Å². The molecule has 1 rings (SSSR count). The van der Waals surface area contributed by atoms with Gasteiger partial charge in [-0.15, -0.1) is 0 Å². The van der Waals surface area contributed by atoms with Crippen molar-refractivity contribution >= 4 is 11.6 Å². The highest BCUT2D eigenvalue weighted by atomic mass is 35.5. The summed E-state index contributed by atoms with van der Waals surface area (Å²) in [6.07, 6.45) is -2.47. The number of methoxy groups -OCH3 is 1. The summed E-state index contributed by atoms with van der Waals surface area (Å²) in [6.45, 7) is 2.25. The van der Waals surface area contributed by atoms with Crippen LogP contribution in [0.4, 0.5) is 8.78 Å². The Labute approximate surface area is 98.6 Å². The molecule has 16 heavy (non-hydrogen) atoms. The van der Waals surface area contributed by atoms with E-state index in [4.69, 9.17) is 16.3 Å². The Morgan fingerprint density at radius 1 is 1.44 bits per heavy atom. The fourth-order valence-corrected chi connectivity index (χ4v) is 1.64. The molecule has 0 heterocycles. The van der Waals surface area contributed by atoms with Crippen molar-refractivity contribution in [2.75, 3.05) is 13.7 Å². The van der Waals surface area contributed by atoms with Gasteiger partial charge in [-0.25, -0.2) is 8.78 Å². The maximum absolute atomic E-state index is 12.8. The van der Waals surface area contributed by atoms with E-state index >= 15 is 0 Å². The molecule has 0 spiro atoms. The van der Waals surface area contributed by atoms with E-state index in [0.29, 0.717) is 22.9 Å². The molecule has 1 N–H and O–H groups in total. The molecule has 0 bridgehead atoms. The fraction of sp³-hybridized carbons (Fsp3) is 0.455. The molecular weight excluding hydrogens is 236 g/mol. The van der Waals surface area contributed by atoms with Crippen molar-refractivity contribution in [3.8, 4) is 5.75 Å². The molecule has 5 heteroatoms. The number of benzene rings is 1. The van der Waals surface area contributed by atoms with Gasteiger partial charge in [-0.3, -0.25) is 0 Å².